The second-order valence-corrected chi connectivity index (χ2v) is 6.05. The zero-order valence-electron chi connectivity index (χ0n) is 11.8. The standard InChI is InChI=1S/C13H18N6OS/c1-10(12(20)17-13-15-4-6-21-13)19-5-2-3-11(19)7-18-9-14-8-16-18/h4,6,8-11H,2-3,5,7H2,1H3,(H,15,17,20)/t10-,11+/m0/s1. The highest BCUT2D eigenvalue weighted by Crippen LogP contribution is 2.22. The third kappa shape index (κ3) is 3.27. The number of carbonyl (C=O) groups is 1. The first kappa shape index (κ1) is 14.2. The highest BCUT2D eigenvalue weighted by atomic mass is 32.1. The maximum Gasteiger partial charge on any atom is 0.243 e. The normalized spacial score (nSPS) is 20.5. The van der Waals surface area contributed by atoms with Crippen LogP contribution in [0.15, 0.2) is 24.2 Å². The number of amides is 1. The van der Waals surface area contributed by atoms with E-state index in [1.165, 1.54) is 17.7 Å². The molecule has 2 aromatic rings. The van der Waals surface area contributed by atoms with E-state index in [0.29, 0.717) is 11.2 Å². The van der Waals surface area contributed by atoms with Crippen LogP contribution in [0.3, 0.4) is 0 Å². The first-order valence-electron chi connectivity index (χ1n) is 7.02. The molecule has 0 aliphatic carbocycles. The fourth-order valence-corrected chi connectivity index (χ4v) is 3.28. The molecule has 21 heavy (non-hydrogen) atoms. The van der Waals surface area contributed by atoms with Gasteiger partial charge < -0.3 is 5.32 Å². The molecular weight excluding hydrogens is 288 g/mol. The summed E-state index contributed by atoms with van der Waals surface area (Å²) in [7, 11) is 0. The lowest BCUT2D eigenvalue weighted by molar-refractivity contribution is -0.121. The van der Waals surface area contributed by atoms with Crippen molar-refractivity contribution >= 4 is 22.4 Å². The minimum absolute atomic E-state index is 0.00422. The van der Waals surface area contributed by atoms with E-state index >= 15 is 0 Å². The number of likely N-dealkylation sites (tertiary alicyclic amines) is 1. The van der Waals surface area contributed by atoms with E-state index < -0.39 is 0 Å². The molecule has 0 radical (unpaired) electrons. The van der Waals surface area contributed by atoms with Crippen LogP contribution in [0, 0.1) is 0 Å². The largest absolute Gasteiger partial charge is 0.301 e. The maximum atomic E-state index is 12.3. The summed E-state index contributed by atoms with van der Waals surface area (Å²) in [5, 5.41) is 9.52. The van der Waals surface area contributed by atoms with Crippen LogP contribution in [0.4, 0.5) is 5.13 Å². The van der Waals surface area contributed by atoms with Crippen LogP contribution in [0.1, 0.15) is 19.8 Å². The van der Waals surface area contributed by atoms with E-state index in [0.717, 1.165) is 25.9 Å². The average Bonchev–Trinajstić information content (AvgIpc) is 3.20. The molecule has 1 N–H and O–H groups in total. The van der Waals surface area contributed by atoms with Gasteiger partial charge in [0.05, 0.1) is 12.6 Å². The van der Waals surface area contributed by atoms with Gasteiger partial charge in [0.2, 0.25) is 5.91 Å². The number of carbonyl (C=O) groups excluding carboxylic acids is 1. The summed E-state index contributed by atoms with van der Waals surface area (Å²) in [6.45, 7) is 3.66. The summed E-state index contributed by atoms with van der Waals surface area (Å²) >= 11 is 1.43. The molecule has 1 aliphatic heterocycles. The van der Waals surface area contributed by atoms with Gasteiger partial charge in [0, 0.05) is 17.6 Å². The van der Waals surface area contributed by atoms with Crippen LogP contribution in [0.5, 0.6) is 0 Å². The number of hydrogen-bond donors (Lipinski definition) is 1. The smallest absolute Gasteiger partial charge is 0.243 e. The summed E-state index contributed by atoms with van der Waals surface area (Å²) in [6.07, 6.45) is 7.13. The predicted molar refractivity (Wildman–Crippen MR) is 80.0 cm³/mol. The lowest BCUT2D eigenvalue weighted by Crippen LogP contribution is -2.46. The predicted octanol–water partition coefficient (Wildman–Crippen LogP) is 1.23. The van der Waals surface area contributed by atoms with E-state index in [9.17, 15) is 4.79 Å². The van der Waals surface area contributed by atoms with Crippen molar-refractivity contribution in [1.29, 1.82) is 0 Å². The Labute approximate surface area is 127 Å². The molecule has 2 atom stereocenters. The van der Waals surface area contributed by atoms with Crippen molar-refractivity contribution in [2.45, 2.75) is 38.4 Å². The Bertz CT molecular complexity index is 570. The molecule has 3 heterocycles. The molecule has 0 aromatic carbocycles. The third-order valence-electron chi connectivity index (χ3n) is 3.83. The van der Waals surface area contributed by atoms with Crippen LogP contribution < -0.4 is 5.32 Å². The third-order valence-corrected chi connectivity index (χ3v) is 4.51. The maximum absolute atomic E-state index is 12.3. The van der Waals surface area contributed by atoms with E-state index in [4.69, 9.17) is 0 Å². The zero-order valence-corrected chi connectivity index (χ0v) is 12.7. The molecule has 1 saturated heterocycles. The van der Waals surface area contributed by atoms with Gasteiger partial charge in [-0.05, 0) is 26.3 Å². The van der Waals surface area contributed by atoms with Crippen molar-refractivity contribution in [2.75, 3.05) is 11.9 Å². The topological polar surface area (TPSA) is 75.9 Å². The van der Waals surface area contributed by atoms with E-state index in [1.54, 1.807) is 12.5 Å². The number of hydrogen-bond acceptors (Lipinski definition) is 6. The summed E-state index contributed by atoms with van der Waals surface area (Å²) in [6, 6.07) is 0.147. The molecule has 0 bridgehead atoms. The molecule has 8 heteroatoms. The highest BCUT2D eigenvalue weighted by Gasteiger charge is 2.32. The number of nitrogens with one attached hydrogen (secondary N) is 1. The Balaban J connectivity index is 1.62. The molecule has 2 aromatic heterocycles. The molecule has 0 spiro atoms. The van der Waals surface area contributed by atoms with Gasteiger partial charge in [0.1, 0.15) is 12.7 Å². The first-order valence-corrected chi connectivity index (χ1v) is 7.90. The molecule has 7 nitrogen and oxygen atoms in total. The summed E-state index contributed by atoms with van der Waals surface area (Å²) in [5.41, 5.74) is 0. The number of nitrogens with zero attached hydrogens (tertiary/aromatic N) is 5. The molecule has 3 rings (SSSR count). The summed E-state index contributed by atoms with van der Waals surface area (Å²) in [5.74, 6) is -0.00422. The van der Waals surface area contributed by atoms with Gasteiger partial charge in [-0.2, -0.15) is 5.10 Å². The van der Waals surface area contributed by atoms with Crippen molar-refractivity contribution in [3.05, 3.63) is 24.2 Å². The lowest BCUT2D eigenvalue weighted by atomic mass is 10.2. The van der Waals surface area contributed by atoms with Crippen LogP contribution in [-0.2, 0) is 11.3 Å². The van der Waals surface area contributed by atoms with Crippen molar-refractivity contribution in [1.82, 2.24) is 24.6 Å². The number of anilines is 1. The average molecular weight is 306 g/mol. The van der Waals surface area contributed by atoms with Gasteiger partial charge in [-0.1, -0.05) is 0 Å². The molecule has 1 aliphatic rings. The number of rotatable bonds is 5. The second kappa shape index (κ2) is 6.31. The second-order valence-electron chi connectivity index (χ2n) is 5.15. The summed E-state index contributed by atoms with van der Waals surface area (Å²) < 4.78 is 1.83. The van der Waals surface area contributed by atoms with Crippen molar-refractivity contribution in [3.63, 3.8) is 0 Å². The van der Waals surface area contributed by atoms with Gasteiger partial charge in [-0.3, -0.25) is 14.4 Å². The molecular formula is C13H18N6OS. The molecule has 112 valence electrons. The van der Waals surface area contributed by atoms with Crippen molar-refractivity contribution in [3.8, 4) is 0 Å². The Kier molecular flexibility index (Phi) is 4.26. The van der Waals surface area contributed by atoms with E-state index in [1.807, 2.05) is 17.0 Å². The van der Waals surface area contributed by atoms with Gasteiger partial charge >= 0.3 is 0 Å². The molecule has 0 unspecified atom stereocenters. The Morgan fingerprint density at radius 1 is 1.62 bits per heavy atom. The highest BCUT2D eigenvalue weighted by molar-refractivity contribution is 7.13. The monoisotopic (exact) mass is 306 g/mol. The lowest BCUT2D eigenvalue weighted by Gasteiger charge is -2.29. The molecule has 1 fully saturated rings. The Morgan fingerprint density at radius 2 is 2.52 bits per heavy atom. The zero-order chi connectivity index (χ0) is 14.7. The van der Waals surface area contributed by atoms with E-state index in [2.05, 4.69) is 25.3 Å². The molecule has 1 amide bonds. The van der Waals surface area contributed by atoms with Crippen LogP contribution in [-0.4, -0.2) is 49.2 Å². The minimum atomic E-state index is -0.176. The van der Waals surface area contributed by atoms with E-state index in [-0.39, 0.29) is 11.9 Å². The van der Waals surface area contributed by atoms with Crippen LogP contribution >= 0.6 is 11.3 Å². The van der Waals surface area contributed by atoms with Crippen molar-refractivity contribution < 1.29 is 4.79 Å². The fraction of sp³-hybridized carbons (Fsp3) is 0.538. The summed E-state index contributed by atoms with van der Waals surface area (Å²) in [4.78, 5) is 22.6. The quantitative estimate of drug-likeness (QED) is 0.899. The Hall–Kier alpha value is -1.80. The van der Waals surface area contributed by atoms with Gasteiger partial charge in [-0.25, -0.2) is 9.97 Å². The van der Waals surface area contributed by atoms with Gasteiger partial charge in [0.15, 0.2) is 5.13 Å². The SMILES string of the molecule is C[C@@H](C(=O)Nc1nccs1)N1CCC[C@@H]1Cn1cncn1. The van der Waals surface area contributed by atoms with Crippen LogP contribution in [0.2, 0.25) is 0 Å². The molecule has 0 saturated carbocycles. The Morgan fingerprint density at radius 3 is 3.24 bits per heavy atom. The number of thiazole rings is 1. The van der Waals surface area contributed by atoms with Crippen molar-refractivity contribution in [2.24, 2.45) is 0 Å². The fourth-order valence-electron chi connectivity index (χ4n) is 2.75. The van der Waals surface area contributed by atoms with Gasteiger partial charge in [0.25, 0.3) is 0 Å². The number of aromatic nitrogens is 4. The van der Waals surface area contributed by atoms with Gasteiger partial charge in [-0.15, -0.1) is 11.3 Å². The minimum Gasteiger partial charge on any atom is -0.301 e. The first-order chi connectivity index (χ1) is 10.2. The van der Waals surface area contributed by atoms with Crippen LogP contribution in [0.25, 0.3) is 0 Å².